The molecule has 2 aromatic rings. The minimum atomic E-state index is -0.886. The molecular weight excluding hydrogens is 284 g/mol. The van der Waals surface area contributed by atoms with Gasteiger partial charge in [0, 0.05) is 14.1 Å². The molecule has 0 saturated carbocycles. The predicted molar refractivity (Wildman–Crippen MR) is 63.7 cm³/mol. The van der Waals surface area contributed by atoms with E-state index in [-0.39, 0.29) is 0 Å². The lowest BCUT2D eigenvalue weighted by molar-refractivity contribution is 0.0702. The Labute approximate surface area is 98.1 Å². The highest BCUT2D eigenvalue weighted by atomic mass is 79.9. The van der Waals surface area contributed by atoms with Crippen molar-refractivity contribution >= 4 is 56.0 Å². The highest BCUT2D eigenvalue weighted by Gasteiger charge is 2.09. The van der Waals surface area contributed by atoms with Crippen molar-refractivity contribution in [1.82, 2.24) is 0 Å². The second-order valence-electron chi connectivity index (χ2n) is 2.76. The maximum Gasteiger partial charge on any atom is 0.345 e. The van der Waals surface area contributed by atoms with Gasteiger partial charge in [-0.2, -0.15) is 0 Å². The van der Waals surface area contributed by atoms with E-state index in [0.717, 1.165) is 19.5 Å². The second kappa shape index (κ2) is 3.56. The lowest BCUT2D eigenvalue weighted by Gasteiger charge is -1.95. The SMILES string of the molecule is O=C(O)c1cc2cc(S)c(Br)cc2s1. The first-order chi connectivity index (χ1) is 6.58. The number of hydrogen-bond donors (Lipinski definition) is 2. The van der Waals surface area contributed by atoms with Crippen LogP contribution in [0.1, 0.15) is 9.67 Å². The molecule has 2 rings (SSSR count). The Hall–Kier alpha value is -0.520. The quantitative estimate of drug-likeness (QED) is 0.786. The predicted octanol–water partition coefficient (Wildman–Crippen LogP) is 3.65. The third kappa shape index (κ3) is 1.67. The number of hydrogen-bond acceptors (Lipinski definition) is 3. The van der Waals surface area contributed by atoms with Crippen LogP contribution in [0, 0.1) is 0 Å². The molecule has 72 valence electrons. The Morgan fingerprint density at radius 2 is 2.14 bits per heavy atom. The van der Waals surface area contributed by atoms with Crippen molar-refractivity contribution in [3.63, 3.8) is 0 Å². The third-order valence-electron chi connectivity index (χ3n) is 1.80. The Bertz CT molecular complexity index is 480. The molecule has 0 aliphatic carbocycles. The number of carbonyl (C=O) groups is 1. The van der Waals surface area contributed by atoms with Crippen LogP contribution in [-0.4, -0.2) is 11.1 Å². The molecule has 1 N–H and O–H groups in total. The zero-order valence-electron chi connectivity index (χ0n) is 6.82. The summed E-state index contributed by atoms with van der Waals surface area (Å²) in [7, 11) is 0. The number of fused-ring (bicyclic) bond motifs is 1. The van der Waals surface area contributed by atoms with Crippen LogP contribution in [0.25, 0.3) is 10.1 Å². The smallest absolute Gasteiger partial charge is 0.345 e. The van der Waals surface area contributed by atoms with Crippen molar-refractivity contribution in [1.29, 1.82) is 0 Å². The van der Waals surface area contributed by atoms with Gasteiger partial charge in [0.15, 0.2) is 0 Å². The summed E-state index contributed by atoms with van der Waals surface area (Å²) in [4.78, 5) is 11.9. The number of thiol groups is 1. The van der Waals surface area contributed by atoms with Gasteiger partial charge >= 0.3 is 5.97 Å². The summed E-state index contributed by atoms with van der Waals surface area (Å²) in [5.74, 6) is -0.886. The van der Waals surface area contributed by atoms with E-state index in [2.05, 4.69) is 28.6 Å². The van der Waals surface area contributed by atoms with Crippen LogP contribution in [0.4, 0.5) is 0 Å². The fourth-order valence-corrected chi connectivity index (χ4v) is 2.78. The fraction of sp³-hybridized carbons (Fsp3) is 0. The minimum Gasteiger partial charge on any atom is -0.477 e. The van der Waals surface area contributed by atoms with Gasteiger partial charge in [0.05, 0.1) is 0 Å². The molecule has 0 unspecified atom stereocenters. The highest BCUT2D eigenvalue weighted by molar-refractivity contribution is 9.10. The van der Waals surface area contributed by atoms with Gasteiger partial charge in [-0.05, 0) is 39.5 Å². The van der Waals surface area contributed by atoms with Crippen LogP contribution in [0.3, 0.4) is 0 Å². The third-order valence-corrected chi connectivity index (χ3v) is 4.21. The number of carboxylic acids is 1. The summed E-state index contributed by atoms with van der Waals surface area (Å²) in [6.45, 7) is 0. The van der Waals surface area contributed by atoms with Gasteiger partial charge in [-0.3, -0.25) is 0 Å². The maximum absolute atomic E-state index is 10.7. The van der Waals surface area contributed by atoms with Crippen molar-refractivity contribution in [3.8, 4) is 0 Å². The van der Waals surface area contributed by atoms with Gasteiger partial charge in [-0.1, -0.05) is 0 Å². The van der Waals surface area contributed by atoms with E-state index in [4.69, 9.17) is 5.11 Å². The van der Waals surface area contributed by atoms with Gasteiger partial charge in [0.1, 0.15) is 4.88 Å². The van der Waals surface area contributed by atoms with E-state index in [0.29, 0.717) is 4.88 Å². The average Bonchev–Trinajstić information content (AvgIpc) is 2.48. The van der Waals surface area contributed by atoms with Crippen LogP contribution >= 0.6 is 39.9 Å². The van der Waals surface area contributed by atoms with Crippen molar-refractivity contribution in [2.24, 2.45) is 0 Å². The zero-order chi connectivity index (χ0) is 10.3. The molecule has 0 amide bonds. The molecule has 0 fully saturated rings. The summed E-state index contributed by atoms with van der Waals surface area (Å²) in [6.07, 6.45) is 0. The number of rotatable bonds is 1. The normalized spacial score (nSPS) is 10.7. The molecule has 14 heavy (non-hydrogen) atoms. The molecule has 5 heteroatoms. The molecule has 0 aliphatic heterocycles. The van der Waals surface area contributed by atoms with Gasteiger partial charge < -0.3 is 5.11 Å². The van der Waals surface area contributed by atoms with Crippen molar-refractivity contribution in [3.05, 3.63) is 27.5 Å². The van der Waals surface area contributed by atoms with Crippen molar-refractivity contribution in [2.75, 3.05) is 0 Å². The summed E-state index contributed by atoms with van der Waals surface area (Å²) in [6, 6.07) is 5.40. The Morgan fingerprint density at radius 3 is 2.79 bits per heavy atom. The summed E-state index contributed by atoms with van der Waals surface area (Å²) in [5.41, 5.74) is 0. The van der Waals surface area contributed by atoms with E-state index in [9.17, 15) is 4.79 Å². The number of thiophene rings is 1. The van der Waals surface area contributed by atoms with E-state index in [1.165, 1.54) is 11.3 Å². The number of aromatic carboxylic acids is 1. The Balaban J connectivity index is 2.72. The summed E-state index contributed by atoms with van der Waals surface area (Å²) >= 11 is 8.86. The molecule has 0 aliphatic rings. The molecule has 2 nitrogen and oxygen atoms in total. The zero-order valence-corrected chi connectivity index (χ0v) is 10.1. The van der Waals surface area contributed by atoms with Crippen molar-refractivity contribution in [2.45, 2.75) is 4.90 Å². The lowest BCUT2D eigenvalue weighted by Crippen LogP contribution is -1.89. The second-order valence-corrected chi connectivity index (χ2v) is 5.18. The molecule has 1 heterocycles. The van der Waals surface area contributed by atoms with Crippen molar-refractivity contribution < 1.29 is 9.90 Å². The van der Waals surface area contributed by atoms with Gasteiger partial charge in [-0.15, -0.1) is 24.0 Å². The van der Waals surface area contributed by atoms with Crippen LogP contribution < -0.4 is 0 Å². The molecule has 1 aromatic heterocycles. The Morgan fingerprint density at radius 1 is 1.43 bits per heavy atom. The minimum absolute atomic E-state index is 0.353. The van der Waals surface area contributed by atoms with Crippen LogP contribution in [-0.2, 0) is 0 Å². The molecule has 0 saturated heterocycles. The first-order valence-electron chi connectivity index (χ1n) is 3.73. The number of carboxylic acid groups (broad SMARTS) is 1. The highest BCUT2D eigenvalue weighted by Crippen LogP contribution is 2.32. The Kier molecular flexibility index (Phi) is 2.55. The topological polar surface area (TPSA) is 37.3 Å². The van der Waals surface area contributed by atoms with E-state index < -0.39 is 5.97 Å². The van der Waals surface area contributed by atoms with Crippen LogP contribution in [0.5, 0.6) is 0 Å². The average molecular weight is 289 g/mol. The first kappa shape index (κ1) is 10.0. The van der Waals surface area contributed by atoms with E-state index in [1.807, 2.05) is 12.1 Å². The van der Waals surface area contributed by atoms with Gasteiger partial charge in [0.25, 0.3) is 0 Å². The van der Waals surface area contributed by atoms with Gasteiger partial charge in [-0.25, -0.2) is 4.79 Å². The summed E-state index contributed by atoms with van der Waals surface area (Å²) in [5, 5.41) is 9.72. The molecule has 0 atom stereocenters. The largest absolute Gasteiger partial charge is 0.477 e. The standard InChI is InChI=1S/C9H5BrO2S2/c10-5-3-7-4(1-6(5)13)2-8(14-7)9(11)12/h1-3,13H,(H,11,12). The first-order valence-corrected chi connectivity index (χ1v) is 5.79. The van der Waals surface area contributed by atoms with E-state index >= 15 is 0 Å². The monoisotopic (exact) mass is 288 g/mol. The molecular formula is C9H5BrO2S2. The molecule has 1 aromatic carbocycles. The van der Waals surface area contributed by atoms with Gasteiger partial charge in [0.2, 0.25) is 0 Å². The number of benzene rings is 1. The van der Waals surface area contributed by atoms with Crippen LogP contribution in [0.2, 0.25) is 0 Å². The fourth-order valence-electron chi connectivity index (χ4n) is 1.16. The lowest BCUT2D eigenvalue weighted by atomic mass is 10.2. The van der Waals surface area contributed by atoms with Crippen LogP contribution in [0.15, 0.2) is 27.6 Å². The van der Waals surface area contributed by atoms with E-state index in [1.54, 1.807) is 6.07 Å². The molecule has 0 bridgehead atoms. The molecule has 0 radical (unpaired) electrons. The maximum atomic E-state index is 10.7. The number of halogens is 1. The summed E-state index contributed by atoms with van der Waals surface area (Å²) < 4.78 is 1.83. The molecule has 0 spiro atoms.